The maximum atomic E-state index is 13.7. The molecule has 0 unspecified atom stereocenters. The SMILES string of the molecule is CC(C)[C@@H](NC(=O)CCc1ccc(-c2ccccc2F)o1)C(=O)O. The molecule has 0 spiro atoms. The van der Waals surface area contributed by atoms with E-state index in [2.05, 4.69) is 5.32 Å². The normalized spacial score (nSPS) is 12.2. The van der Waals surface area contributed by atoms with Gasteiger partial charge in [-0.2, -0.15) is 0 Å². The third kappa shape index (κ3) is 4.44. The molecule has 128 valence electrons. The summed E-state index contributed by atoms with van der Waals surface area (Å²) < 4.78 is 19.3. The molecule has 6 heteroatoms. The van der Waals surface area contributed by atoms with E-state index in [0.29, 0.717) is 23.5 Å². The van der Waals surface area contributed by atoms with Crippen LogP contribution in [-0.4, -0.2) is 23.0 Å². The number of halogens is 1. The van der Waals surface area contributed by atoms with Crippen LogP contribution in [0.15, 0.2) is 40.8 Å². The Bertz CT molecular complexity index is 723. The average Bonchev–Trinajstić information content (AvgIpc) is 2.99. The summed E-state index contributed by atoms with van der Waals surface area (Å²) in [4.78, 5) is 23.0. The molecule has 0 aliphatic heterocycles. The van der Waals surface area contributed by atoms with Gasteiger partial charge in [0.2, 0.25) is 5.91 Å². The summed E-state index contributed by atoms with van der Waals surface area (Å²) in [7, 11) is 0. The number of carbonyl (C=O) groups excluding carboxylic acids is 1. The fourth-order valence-electron chi connectivity index (χ4n) is 2.31. The summed E-state index contributed by atoms with van der Waals surface area (Å²) in [6, 6.07) is 8.70. The van der Waals surface area contributed by atoms with Gasteiger partial charge in [0.05, 0.1) is 5.56 Å². The Hall–Kier alpha value is -2.63. The van der Waals surface area contributed by atoms with Crippen molar-refractivity contribution in [2.24, 2.45) is 5.92 Å². The van der Waals surface area contributed by atoms with E-state index in [9.17, 15) is 14.0 Å². The van der Waals surface area contributed by atoms with E-state index in [0.717, 1.165) is 0 Å². The summed E-state index contributed by atoms with van der Waals surface area (Å²) in [6.45, 7) is 3.46. The first-order valence-corrected chi connectivity index (χ1v) is 7.74. The van der Waals surface area contributed by atoms with Crippen molar-refractivity contribution >= 4 is 11.9 Å². The lowest BCUT2D eigenvalue weighted by atomic mass is 10.0. The fraction of sp³-hybridized carbons (Fsp3) is 0.333. The van der Waals surface area contributed by atoms with Gasteiger partial charge in [-0.25, -0.2) is 9.18 Å². The molecular weight excluding hydrogens is 313 g/mol. The van der Waals surface area contributed by atoms with Crippen molar-refractivity contribution in [1.29, 1.82) is 0 Å². The summed E-state index contributed by atoms with van der Waals surface area (Å²) in [6.07, 6.45) is 0.408. The van der Waals surface area contributed by atoms with Crippen LogP contribution in [0.2, 0.25) is 0 Å². The highest BCUT2D eigenvalue weighted by Gasteiger charge is 2.23. The Morgan fingerprint density at radius 2 is 1.92 bits per heavy atom. The van der Waals surface area contributed by atoms with Gasteiger partial charge in [-0.15, -0.1) is 0 Å². The molecule has 0 saturated carbocycles. The first kappa shape index (κ1) is 17.7. The topological polar surface area (TPSA) is 79.5 Å². The summed E-state index contributed by atoms with van der Waals surface area (Å²) in [5.74, 6) is -1.06. The monoisotopic (exact) mass is 333 g/mol. The van der Waals surface area contributed by atoms with Crippen LogP contribution in [-0.2, 0) is 16.0 Å². The predicted molar refractivity (Wildman–Crippen MR) is 86.8 cm³/mol. The predicted octanol–water partition coefficient (Wildman–Crippen LogP) is 3.24. The average molecular weight is 333 g/mol. The van der Waals surface area contributed by atoms with Gasteiger partial charge in [0.1, 0.15) is 23.4 Å². The molecule has 0 aliphatic carbocycles. The molecule has 2 aromatic rings. The number of amides is 1. The maximum absolute atomic E-state index is 13.7. The molecule has 2 N–H and O–H groups in total. The number of carboxylic acid groups (broad SMARTS) is 1. The van der Waals surface area contributed by atoms with Gasteiger partial charge in [0, 0.05) is 12.8 Å². The third-order valence-electron chi connectivity index (χ3n) is 3.65. The number of rotatable bonds is 7. The Kier molecular flexibility index (Phi) is 5.73. The first-order chi connectivity index (χ1) is 11.4. The lowest BCUT2D eigenvalue weighted by molar-refractivity contribution is -0.143. The van der Waals surface area contributed by atoms with Gasteiger partial charge >= 0.3 is 5.97 Å². The van der Waals surface area contributed by atoms with E-state index >= 15 is 0 Å². The summed E-state index contributed by atoms with van der Waals surface area (Å²) in [5.41, 5.74) is 0.360. The molecule has 0 saturated heterocycles. The van der Waals surface area contributed by atoms with Crippen LogP contribution in [0.3, 0.4) is 0 Å². The summed E-state index contributed by atoms with van der Waals surface area (Å²) >= 11 is 0. The van der Waals surface area contributed by atoms with Crippen LogP contribution in [0.4, 0.5) is 4.39 Å². The maximum Gasteiger partial charge on any atom is 0.326 e. The third-order valence-corrected chi connectivity index (χ3v) is 3.65. The number of aryl methyl sites for hydroxylation is 1. The van der Waals surface area contributed by atoms with Gasteiger partial charge in [0.25, 0.3) is 0 Å². The molecule has 1 heterocycles. The molecule has 0 radical (unpaired) electrons. The van der Waals surface area contributed by atoms with Gasteiger partial charge in [-0.3, -0.25) is 4.79 Å². The highest BCUT2D eigenvalue weighted by atomic mass is 19.1. The van der Waals surface area contributed by atoms with Crippen LogP contribution in [0.25, 0.3) is 11.3 Å². The molecule has 24 heavy (non-hydrogen) atoms. The van der Waals surface area contributed by atoms with E-state index in [-0.39, 0.29) is 24.1 Å². The number of benzene rings is 1. The minimum atomic E-state index is -1.06. The molecule has 1 amide bonds. The van der Waals surface area contributed by atoms with Gasteiger partial charge in [-0.05, 0) is 30.2 Å². The van der Waals surface area contributed by atoms with E-state index in [1.165, 1.54) is 6.07 Å². The summed E-state index contributed by atoms with van der Waals surface area (Å²) in [5, 5.41) is 11.6. The minimum absolute atomic E-state index is 0.0979. The second kappa shape index (κ2) is 7.77. The molecular formula is C18H20FNO4. The van der Waals surface area contributed by atoms with Crippen molar-refractivity contribution in [2.45, 2.75) is 32.7 Å². The Morgan fingerprint density at radius 3 is 2.54 bits per heavy atom. The second-order valence-corrected chi connectivity index (χ2v) is 5.87. The van der Waals surface area contributed by atoms with Crippen molar-refractivity contribution in [2.75, 3.05) is 0 Å². The van der Waals surface area contributed by atoms with Crippen molar-refractivity contribution in [3.63, 3.8) is 0 Å². The fourth-order valence-corrected chi connectivity index (χ4v) is 2.31. The highest BCUT2D eigenvalue weighted by Crippen LogP contribution is 2.25. The van der Waals surface area contributed by atoms with Gasteiger partial charge in [0.15, 0.2) is 0 Å². The quantitative estimate of drug-likeness (QED) is 0.815. The largest absolute Gasteiger partial charge is 0.480 e. The van der Waals surface area contributed by atoms with Crippen LogP contribution in [0, 0.1) is 11.7 Å². The number of carboxylic acids is 1. The molecule has 1 aromatic heterocycles. The molecule has 0 aliphatic rings. The molecule has 2 rings (SSSR count). The minimum Gasteiger partial charge on any atom is -0.480 e. The number of aliphatic carboxylic acids is 1. The number of furan rings is 1. The van der Waals surface area contributed by atoms with E-state index in [4.69, 9.17) is 9.52 Å². The van der Waals surface area contributed by atoms with Crippen LogP contribution in [0.5, 0.6) is 0 Å². The van der Waals surface area contributed by atoms with E-state index in [1.54, 1.807) is 44.2 Å². The number of hydrogen-bond donors (Lipinski definition) is 2. The Labute approximate surface area is 139 Å². The molecule has 1 atom stereocenters. The standard InChI is InChI=1S/C18H20FNO4/c1-11(2)17(18(22)23)20-16(21)10-8-12-7-9-15(24-12)13-5-3-4-6-14(13)19/h3-7,9,11,17H,8,10H2,1-2H3,(H,20,21)(H,22,23)/t17-/m1/s1. The lowest BCUT2D eigenvalue weighted by Gasteiger charge is -2.17. The molecule has 1 aromatic carbocycles. The zero-order valence-electron chi connectivity index (χ0n) is 13.6. The second-order valence-electron chi connectivity index (χ2n) is 5.87. The number of carbonyl (C=O) groups is 2. The first-order valence-electron chi connectivity index (χ1n) is 7.74. The van der Waals surface area contributed by atoms with E-state index in [1.807, 2.05) is 0 Å². The van der Waals surface area contributed by atoms with Crippen LogP contribution < -0.4 is 5.32 Å². The number of nitrogens with one attached hydrogen (secondary N) is 1. The Morgan fingerprint density at radius 1 is 1.21 bits per heavy atom. The van der Waals surface area contributed by atoms with Crippen molar-refractivity contribution in [3.8, 4) is 11.3 Å². The van der Waals surface area contributed by atoms with Crippen LogP contribution in [0.1, 0.15) is 26.0 Å². The molecule has 5 nitrogen and oxygen atoms in total. The van der Waals surface area contributed by atoms with Gasteiger partial charge < -0.3 is 14.8 Å². The van der Waals surface area contributed by atoms with Crippen molar-refractivity contribution in [3.05, 3.63) is 48.0 Å². The van der Waals surface area contributed by atoms with Crippen molar-refractivity contribution < 1.29 is 23.5 Å². The molecule has 0 bridgehead atoms. The highest BCUT2D eigenvalue weighted by molar-refractivity contribution is 5.83. The smallest absolute Gasteiger partial charge is 0.326 e. The molecule has 0 fully saturated rings. The van der Waals surface area contributed by atoms with Gasteiger partial charge in [-0.1, -0.05) is 26.0 Å². The lowest BCUT2D eigenvalue weighted by Crippen LogP contribution is -2.44. The zero-order chi connectivity index (χ0) is 17.7. The zero-order valence-corrected chi connectivity index (χ0v) is 13.6. The van der Waals surface area contributed by atoms with Crippen molar-refractivity contribution in [1.82, 2.24) is 5.32 Å². The Balaban J connectivity index is 1.95. The number of hydrogen-bond acceptors (Lipinski definition) is 3. The van der Waals surface area contributed by atoms with Crippen LogP contribution >= 0.6 is 0 Å². The van der Waals surface area contributed by atoms with E-state index < -0.39 is 12.0 Å².